The Kier molecular flexibility index (Phi) is 4.39. The largest absolute Gasteiger partial charge is 0.378 e. The highest BCUT2D eigenvalue weighted by Crippen LogP contribution is 2.28. The van der Waals surface area contributed by atoms with Gasteiger partial charge in [0.2, 0.25) is 0 Å². The van der Waals surface area contributed by atoms with E-state index in [1.165, 1.54) is 0 Å². The Bertz CT molecular complexity index is 800. The standard InChI is InChI=1S/C18H20N4O/c1-22(2)15-6-7-17-16(10-15)18(8-9-19-17)21-13-4-5-14(12-23-3)20-11-13/h4-11H,12H2,1-3H3,(H,19,21). The number of pyridine rings is 2. The van der Waals surface area contributed by atoms with Crippen LogP contribution in [0.5, 0.6) is 0 Å². The topological polar surface area (TPSA) is 50.3 Å². The van der Waals surface area contributed by atoms with E-state index in [-0.39, 0.29) is 0 Å². The SMILES string of the molecule is COCc1ccc(Nc2ccnc3ccc(N(C)C)cc23)cn1. The molecule has 5 nitrogen and oxygen atoms in total. The van der Waals surface area contributed by atoms with Gasteiger partial charge in [-0.1, -0.05) is 0 Å². The van der Waals surface area contributed by atoms with Gasteiger partial charge in [-0.25, -0.2) is 0 Å². The van der Waals surface area contributed by atoms with Gasteiger partial charge in [-0.15, -0.1) is 0 Å². The molecule has 0 saturated carbocycles. The second-order valence-corrected chi connectivity index (χ2v) is 5.55. The van der Waals surface area contributed by atoms with Crippen molar-refractivity contribution in [1.82, 2.24) is 9.97 Å². The first-order chi connectivity index (χ1) is 11.2. The number of methoxy groups -OCH3 is 1. The molecule has 1 aromatic carbocycles. The molecule has 0 aliphatic rings. The molecule has 2 aromatic heterocycles. The van der Waals surface area contributed by atoms with Crippen LogP contribution in [0.3, 0.4) is 0 Å². The second-order valence-electron chi connectivity index (χ2n) is 5.55. The minimum absolute atomic E-state index is 0.519. The lowest BCUT2D eigenvalue weighted by atomic mass is 10.1. The van der Waals surface area contributed by atoms with Gasteiger partial charge in [-0.05, 0) is 36.4 Å². The zero-order valence-electron chi connectivity index (χ0n) is 13.6. The molecular formula is C18H20N4O. The highest BCUT2D eigenvalue weighted by Gasteiger charge is 2.05. The Morgan fingerprint density at radius 2 is 1.96 bits per heavy atom. The summed E-state index contributed by atoms with van der Waals surface area (Å²) in [6, 6.07) is 12.2. The lowest BCUT2D eigenvalue weighted by Crippen LogP contribution is -2.08. The molecule has 0 aliphatic heterocycles. The van der Waals surface area contributed by atoms with Crippen molar-refractivity contribution in [3.63, 3.8) is 0 Å². The van der Waals surface area contributed by atoms with Gasteiger partial charge in [0.15, 0.2) is 0 Å². The third-order valence-corrected chi connectivity index (χ3v) is 3.64. The van der Waals surface area contributed by atoms with E-state index in [9.17, 15) is 0 Å². The summed E-state index contributed by atoms with van der Waals surface area (Å²) >= 11 is 0. The summed E-state index contributed by atoms with van der Waals surface area (Å²) in [6.45, 7) is 0.519. The van der Waals surface area contributed by atoms with E-state index in [1.807, 2.05) is 50.8 Å². The van der Waals surface area contributed by atoms with Crippen molar-refractivity contribution in [3.05, 3.63) is 54.5 Å². The van der Waals surface area contributed by atoms with Crippen LogP contribution in [-0.2, 0) is 11.3 Å². The number of aromatic nitrogens is 2. The Labute approximate surface area is 135 Å². The third kappa shape index (κ3) is 3.40. The summed E-state index contributed by atoms with van der Waals surface area (Å²) in [4.78, 5) is 10.9. The first-order valence-corrected chi connectivity index (χ1v) is 7.44. The van der Waals surface area contributed by atoms with Gasteiger partial charge < -0.3 is 15.0 Å². The number of ether oxygens (including phenoxy) is 1. The van der Waals surface area contributed by atoms with Crippen molar-refractivity contribution in [2.75, 3.05) is 31.4 Å². The number of rotatable bonds is 5. The Morgan fingerprint density at radius 3 is 2.65 bits per heavy atom. The fourth-order valence-electron chi connectivity index (χ4n) is 2.41. The smallest absolute Gasteiger partial charge is 0.0884 e. The molecule has 1 N–H and O–H groups in total. The lowest BCUT2D eigenvalue weighted by molar-refractivity contribution is 0.181. The van der Waals surface area contributed by atoms with Crippen LogP contribution in [0.2, 0.25) is 0 Å². The number of hydrogen-bond acceptors (Lipinski definition) is 5. The minimum atomic E-state index is 0.519. The van der Waals surface area contributed by atoms with Crippen molar-refractivity contribution in [2.45, 2.75) is 6.61 Å². The molecule has 2 heterocycles. The van der Waals surface area contributed by atoms with Crippen LogP contribution in [0.4, 0.5) is 17.1 Å². The Balaban J connectivity index is 1.94. The van der Waals surface area contributed by atoms with Crippen LogP contribution in [0.1, 0.15) is 5.69 Å². The number of fused-ring (bicyclic) bond motifs is 1. The molecule has 0 aliphatic carbocycles. The van der Waals surface area contributed by atoms with Crippen LogP contribution in [0.25, 0.3) is 10.9 Å². The normalized spacial score (nSPS) is 10.7. The van der Waals surface area contributed by atoms with Crippen molar-refractivity contribution in [1.29, 1.82) is 0 Å². The highest BCUT2D eigenvalue weighted by molar-refractivity contribution is 5.94. The van der Waals surface area contributed by atoms with Gasteiger partial charge in [0.05, 0.1) is 29.7 Å². The molecule has 0 unspecified atom stereocenters. The molecule has 5 heteroatoms. The lowest BCUT2D eigenvalue weighted by Gasteiger charge is -2.15. The molecule has 0 radical (unpaired) electrons. The zero-order chi connectivity index (χ0) is 16.2. The maximum Gasteiger partial charge on any atom is 0.0884 e. The van der Waals surface area contributed by atoms with Crippen LogP contribution in [-0.4, -0.2) is 31.2 Å². The quantitative estimate of drug-likeness (QED) is 0.780. The molecule has 23 heavy (non-hydrogen) atoms. The molecule has 3 aromatic rings. The van der Waals surface area contributed by atoms with Gasteiger partial charge >= 0.3 is 0 Å². The summed E-state index contributed by atoms with van der Waals surface area (Å²) in [5, 5.41) is 4.50. The second kappa shape index (κ2) is 6.62. The minimum Gasteiger partial charge on any atom is -0.378 e. The van der Waals surface area contributed by atoms with E-state index >= 15 is 0 Å². The van der Waals surface area contributed by atoms with Crippen molar-refractivity contribution in [3.8, 4) is 0 Å². The highest BCUT2D eigenvalue weighted by atomic mass is 16.5. The maximum absolute atomic E-state index is 5.08. The summed E-state index contributed by atoms with van der Waals surface area (Å²) < 4.78 is 5.08. The molecule has 0 bridgehead atoms. The van der Waals surface area contributed by atoms with Crippen molar-refractivity contribution < 1.29 is 4.74 Å². The Hall–Kier alpha value is -2.66. The van der Waals surface area contributed by atoms with Gasteiger partial charge in [-0.3, -0.25) is 9.97 Å². The van der Waals surface area contributed by atoms with E-state index in [4.69, 9.17) is 4.74 Å². The summed E-state index contributed by atoms with van der Waals surface area (Å²) in [5.74, 6) is 0. The number of anilines is 3. The monoisotopic (exact) mass is 308 g/mol. The molecule has 0 saturated heterocycles. The van der Waals surface area contributed by atoms with Crippen LogP contribution >= 0.6 is 0 Å². The fraction of sp³-hybridized carbons (Fsp3) is 0.222. The van der Waals surface area contributed by atoms with E-state index in [0.717, 1.165) is 33.7 Å². The summed E-state index contributed by atoms with van der Waals surface area (Å²) in [5.41, 5.74) is 4.96. The molecule has 0 fully saturated rings. The van der Waals surface area contributed by atoms with Gasteiger partial charge in [0.1, 0.15) is 0 Å². The maximum atomic E-state index is 5.08. The van der Waals surface area contributed by atoms with Crippen LogP contribution in [0.15, 0.2) is 48.8 Å². The number of hydrogen-bond donors (Lipinski definition) is 1. The first kappa shape index (κ1) is 15.2. The van der Waals surface area contributed by atoms with E-state index in [0.29, 0.717) is 6.61 Å². The number of nitrogens with one attached hydrogen (secondary N) is 1. The van der Waals surface area contributed by atoms with E-state index in [2.05, 4.69) is 32.3 Å². The number of nitrogens with zero attached hydrogens (tertiary/aromatic N) is 3. The predicted molar refractivity (Wildman–Crippen MR) is 94.3 cm³/mol. The first-order valence-electron chi connectivity index (χ1n) is 7.44. The Morgan fingerprint density at radius 1 is 1.09 bits per heavy atom. The van der Waals surface area contributed by atoms with Crippen molar-refractivity contribution in [2.24, 2.45) is 0 Å². The van der Waals surface area contributed by atoms with Gasteiger partial charge in [-0.2, -0.15) is 0 Å². The molecule has 0 spiro atoms. The zero-order valence-corrected chi connectivity index (χ0v) is 13.6. The predicted octanol–water partition coefficient (Wildman–Crippen LogP) is 3.59. The molecule has 0 amide bonds. The fourth-order valence-corrected chi connectivity index (χ4v) is 2.41. The van der Waals surface area contributed by atoms with E-state index in [1.54, 1.807) is 7.11 Å². The summed E-state index contributed by atoms with van der Waals surface area (Å²) in [6.07, 6.45) is 3.63. The molecular weight excluding hydrogens is 288 g/mol. The van der Waals surface area contributed by atoms with Gasteiger partial charge in [0, 0.05) is 44.2 Å². The van der Waals surface area contributed by atoms with Gasteiger partial charge in [0.25, 0.3) is 0 Å². The molecule has 118 valence electrons. The average molecular weight is 308 g/mol. The van der Waals surface area contributed by atoms with Crippen LogP contribution in [0, 0.1) is 0 Å². The number of benzene rings is 1. The molecule has 3 rings (SSSR count). The molecule has 0 atom stereocenters. The third-order valence-electron chi connectivity index (χ3n) is 3.64. The average Bonchev–Trinajstić information content (AvgIpc) is 2.57. The van der Waals surface area contributed by atoms with Crippen molar-refractivity contribution >= 4 is 28.0 Å². The van der Waals surface area contributed by atoms with Crippen LogP contribution < -0.4 is 10.2 Å². The summed E-state index contributed by atoms with van der Waals surface area (Å²) in [7, 11) is 5.73. The van der Waals surface area contributed by atoms with E-state index < -0.39 is 0 Å².